The second-order valence-corrected chi connectivity index (χ2v) is 5.52. The number of imide groups is 1. The van der Waals surface area contributed by atoms with Gasteiger partial charge in [0.15, 0.2) is 6.04 Å². The van der Waals surface area contributed by atoms with Gasteiger partial charge in [-0.25, -0.2) is 4.90 Å². The van der Waals surface area contributed by atoms with Crippen molar-refractivity contribution in [2.75, 3.05) is 18.0 Å². The summed E-state index contributed by atoms with van der Waals surface area (Å²) in [7, 11) is 0. The number of rotatable bonds is 3. The van der Waals surface area contributed by atoms with Crippen molar-refractivity contribution in [3.8, 4) is 0 Å². The van der Waals surface area contributed by atoms with E-state index in [0.717, 1.165) is 25.9 Å². The van der Waals surface area contributed by atoms with E-state index >= 15 is 0 Å². The van der Waals surface area contributed by atoms with E-state index in [1.807, 2.05) is 0 Å². The molecule has 21 heavy (non-hydrogen) atoms. The number of amides is 2. The van der Waals surface area contributed by atoms with Crippen LogP contribution >= 0.6 is 0 Å². The molecule has 6 nitrogen and oxygen atoms in total. The molecule has 0 bridgehead atoms. The molecule has 3 rings (SSSR count). The molecule has 2 amide bonds. The van der Waals surface area contributed by atoms with Crippen LogP contribution in [-0.4, -0.2) is 36.9 Å². The van der Waals surface area contributed by atoms with Gasteiger partial charge in [0.05, 0.1) is 31.2 Å². The number of likely N-dealkylation sites (tertiary alicyclic amines) is 1. The molecule has 0 saturated carbocycles. The van der Waals surface area contributed by atoms with Crippen LogP contribution in [0.15, 0.2) is 24.3 Å². The van der Waals surface area contributed by atoms with Crippen LogP contribution in [0.4, 0.5) is 5.69 Å². The van der Waals surface area contributed by atoms with Crippen molar-refractivity contribution in [1.82, 2.24) is 0 Å². The summed E-state index contributed by atoms with van der Waals surface area (Å²) in [5.41, 5.74) is 0.454. The van der Waals surface area contributed by atoms with Gasteiger partial charge in [-0.3, -0.25) is 9.59 Å². The highest BCUT2D eigenvalue weighted by Gasteiger charge is 2.46. The first kappa shape index (κ1) is 13.8. The zero-order valence-electron chi connectivity index (χ0n) is 11.5. The third-order valence-corrected chi connectivity index (χ3v) is 4.25. The van der Waals surface area contributed by atoms with E-state index < -0.39 is 5.97 Å². The second-order valence-electron chi connectivity index (χ2n) is 5.52. The van der Waals surface area contributed by atoms with Crippen molar-refractivity contribution in [2.45, 2.75) is 25.3 Å². The van der Waals surface area contributed by atoms with Gasteiger partial charge in [-0.05, 0) is 17.7 Å². The first-order chi connectivity index (χ1) is 10.1. The molecule has 0 aliphatic carbocycles. The van der Waals surface area contributed by atoms with Crippen molar-refractivity contribution in [2.24, 2.45) is 0 Å². The molecule has 0 aromatic heterocycles. The summed E-state index contributed by atoms with van der Waals surface area (Å²) in [6, 6.07) is 5.36. The summed E-state index contributed by atoms with van der Waals surface area (Å²) < 4.78 is 0. The number of carboxylic acids is 1. The maximum absolute atomic E-state index is 12.5. The second kappa shape index (κ2) is 5.29. The van der Waals surface area contributed by atoms with E-state index in [0.29, 0.717) is 5.69 Å². The van der Waals surface area contributed by atoms with Crippen LogP contribution < -0.4 is 14.9 Å². The van der Waals surface area contributed by atoms with Gasteiger partial charge in [0, 0.05) is 12.8 Å². The average Bonchev–Trinajstić information content (AvgIpc) is 3.07. The SMILES string of the molecule is O=C([O-])c1ccc(N2C(=O)C[C@@H]([NH+]3CCCC3)C2=O)cc1. The molecule has 1 atom stereocenters. The van der Waals surface area contributed by atoms with Gasteiger partial charge >= 0.3 is 0 Å². The minimum Gasteiger partial charge on any atom is -0.545 e. The molecule has 0 unspecified atom stereocenters. The average molecular weight is 288 g/mol. The predicted octanol–water partition coefficient (Wildman–Crippen LogP) is -1.64. The third kappa shape index (κ3) is 2.42. The van der Waals surface area contributed by atoms with Crippen LogP contribution in [0.2, 0.25) is 0 Å². The van der Waals surface area contributed by atoms with Gasteiger partial charge in [0.1, 0.15) is 0 Å². The number of carbonyl (C=O) groups excluding carboxylic acids is 3. The fourth-order valence-corrected chi connectivity index (χ4v) is 3.15. The van der Waals surface area contributed by atoms with Crippen molar-refractivity contribution < 1.29 is 24.4 Å². The lowest BCUT2D eigenvalue weighted by Gasteiger charge is -2.19. The number of anilines is 1. The summed E-state index contributed by atoms with van der Waals surface area (Å²) in [5.74, 6) is -1.68. The topological polar surface area (TPSA) is 81.9 Å². The third-order valence-electron chi connectivity index (χ3n) is 4.25. The summed E-state index contributed by atoms with van der Waals surface area (Å²) in [6.07, 6.45) is 2.41. The molecule has 1 aromatic rings. The lowest BCUT2D eigenvalue weighted by atomic mass is 10.2. The summed E-state index contributed by atoms with van der Waals surface area (Å²) in [5, 5.41) is 10.7. The number of nitrogens with one attached hydrogen (secondary N) is 1. The Hall–Kier alpha value is -2.21. The molecule has 1 aromatic carbocycles. The van der Waals surface area contributed by atoms with E-state index in [4.69, 9.17) is 0 Å². The number of hydrogen-bond donors (Lipinski definition) is 1. The van der Waals surface area contributed by atoms with Crippen molar-refractivity contribution >= 4 is 23.5 Å². The maximum atomic E-state index is 12.5. The molecule has 2 aliphatic heterocycles. The van der Waals surface area contributed by atoms with Gasteiger partial charge in [-0.1, -0.05) is 12.1 Å². The van der Waals surface area contributed by atoms with Crippen molar-refractivity contribution in [3.63, 3.8) is 0 Å². The monoisotopic (exact) mass is 288 g/mol. The minimum absolute atomic E-state index is 0.0274. The Bertz CT molecular complexity index is 590. The predicted molar refractivity (Wildman–Crippen MR) is 71.6 cm³/mol. The highest BCUT2D eigenvalue weighted by Crippen LogP contribution is 2.22. The highest BCUT2D eigenvalue weighted by molar-refractivity contribution is 6.21. The van der Waals surface area contributed by atoms with Crippen LogP contribution in [0.5, 0.6) is 0 Å². The number of nitrogens with zero attached hydrogens (tertiary/aromatic N) is 1. The largest absolute Gasteiger partial charge is 0.545 e. The van der Waals surface area contributed by atoms with Gasteiger partial charge in [-0.2, -0.15) is 0 Å². The van der Waals surface area contributed by atoms with Crippen molar-refractivity contribution in [3.05, 3.63) is 29.8 Å². The van der Waals surface area contributed by atoms with E-state index in [-0.39, 0.29) is 29.8 Å². The van der Waals surface area contributed by atoms with Crippen LogP contribution in [0.25, 0.3) is 0 Å². The number of carbonyl (C=O) groups is 3. The zero-order valence-corrected chi connectivity index (χ0v) is 11.5. The van der Waals surface area contributed by atoms with E-state index in [2.05, 4.69) is 0 Å². The van der Waals surface area contributed by atoms with Gasteiger partial charge in [0.25, 0.3) is 5.91 Å². The summed E-state index contributed by atoms with van der Waals surface area (Å²) >= 11 is 0. The van der Waals surface area contributed by atoms with E-state index in [1.54, 1.807) is 0 Å². The molecule has 110 valence electrons. The van der Waals surface area contributed by atoms with Crippen LogP contribution in [0.1, 0.15) is 29.6 Å². The highest BCUT2D eigenvalue weighted by atomic mass is 16.4. The standard InChI is InChI=1S/C15H16N2O4/c18-13-9-12(16-7-1-2-8-16)14(19)17(13)11-5-3-10(4-6-11)15(20)21/h3-6,12H,1-2,7-9H2,(H,20,21)/t12-/m1/s1. The zero-order chi connectivity index (χ0) is 15.0. The fraction of sp³-hybridized carbons (Fsp3) is 0.400. The molecule has 1 N–H and O–H groups in total. The first-order valence-corrected chi connectivity index (χ1v) is 7.10. The molecule has 6 heteroatoms. The van der Waals surface area contributed by atoms with Crippen LogP contribution in [0.3, 0.4) is 0 Å². The maximum Gasteiger partial charge on any atom is 0.292 e. The van der Waals surface area contributed by atoms with Crippen molar-refractivity contribution in [1.29, 1.82) is 0 Å². The Labute approximate surface area is 122 Å². The van der Waals surface area contributed by atoms with Gasteiger partial charge in [-0.15, -0.1) is 0 Å². The van der Waals surface area contributed by atoms with Crippen LogP contribution in [-0.2, 0) is 9.59 Å². The number of carboxylic acid groups (broad SMARTS) is 1. The Morgan fingerprint density at radius 1 is 1.14 bits per heavy atom. The number of hydrogen-bond acceptors (Lipinski definition) is 4. The Morgan fingerprint density at radius 3 is 2.33 bits per heavy atom. The van der Waals surface area contributed by atoms with Gasteiger partial charge < -0.3 is 14.8 Å². The summed E-state index contributed by atoms with van der Waals surface area (Å²) in [4.78, 5) is 37.7. The van der Waals surface area contributed by atoms with Crippen LogP contribution in [0, 0.1) is 0 Å². The lowest BCUT2D eigenvalue weighted by Crippen LogP contribution is -3.14. The molecule has 0 radical (unpaired) electrons. The van der Waals surface area contributed by atoms with Gasteiger partial charge in [0.2, 0.25) is 5.91 Å². The molecule has 0 spiro atoms. The lowest BCUT2D eigenvalue weighted by molar-refractivity contribution is -0.902. The Balaban J connectivity index is 1.82. The van der Waals surface area contributed by atoms with E-state index in [1.165, 1.54) is 34.1 Å². The molecular weight excluding hydrogens is 272 g/mol. The molecule has 2 aliphatic rings. The molecular formula is C15H16N2O4. The van der Waals surface area contributed by atoms with E-state index in [9.17, 15) is 19.5 Å². The molecule has 2 fully saturated rings. The quantitative estimate of drug-likeness (QED) is 0.676. The number of aromatic carboxylic acids is 1. The number of benzene rings is 1. The molecule has 2 heterocycles. The Kier molecular flexibility index (Phi) is 3.47. The normalized spacial score (nSPS) is 23.0. The molecule has 2 saturated heterocycles. The smallest absolute Gasteiger partial charge is 0.292 e. The first-order valence-electron chi connectivity index (χ1n) is 7.10. The number of quaternary nitrogens is 1. The fourth-order valence-electron chi connectivity index (χ4n) is 3.15. The minimum atomic E-state index is -1.28. The Morgan fingerprint density at radius 2 is 1.76 bits per heavy atom. The summed E-state index contributed by atoms with van der Waals surface area (Å²) in [6.45, 7) is 1.86.